The maximum absolute atomic E-state index is 6.10. The van der Waals surface area contributed by atoms with Gasteiger partial charge in [0.2, 0.25) is 0 Å². The van der Waals surface area contributed by atoms with E-state index in [1.54, 1.807) is 0 Å². The Morgan fingerprint density at radius 3 is 3.11 bits per heavy atom. The fourth-order valence-corrected chi connectivity index (χ4v) is 2.42. The lowest BCUT2D eigenvalue weighted by molar-refractivity contribution is -0.0148. The third kappa shape index (κ3) is 4.10. The van der Waals surface area contributed by atoms with Crippen molar-refractivity contribution in [3.8, 4) is 5.75 Å². The van der Waals surface area contributed by atoms with Gasteiger partial charge in [0.25, 0.3) is 0 Å². The monoisotopic (exact) mass is 283 g/mol. The summed E-state index contributed by atoms with van der Waals surface area (Å²) < 4.78 is 11.6. The lowest BCUT2D eigenvalue weighted by Crippen LogP contribution is -2.49. The molecule has 3 nitrogen and oxygen atoms in total. The average molecular weight is 284 g/mol. The van der Waals surface area contributed by atoms with Gasteiger partial charge in [-0.1, -0.05) is 24.6 Å². The van der Waals surface area contributed by atoms with E-state index in [1.807, 2.05) is 25.1 Å². The van der Waals surface area contributed by atoms with Crippen LogP contribution in [0, 0.1) is 6.92 Å². The van der Waals surface area contributed by atoms with Gasteiger partial charge in [-0.2, -0.15) is 0 Å². The minimum absolute atomic E-state index is 0.0532. The van der Waals surface area contributed by atoms with Crippen LogP contribution in [0.3, 0.4) is 0 Å². The molecule has 2 rings (SSSR count). The highest BCUT2D eigenvalue weighted by Crippen LogP contribution is 2.25. The Kier molecular flexibility index (Phi) is 5.49. The minimum atomic E-state index is 0.0532. The number of benzene rings is 1. The highest BCUT2D eigenvalue weighted by molar-refractivity contribution is 6.30. The van der Waals surface area contributed by atoms with Gasteiger partial charge in [0.1, 0.15) is 11.9 Å². The summed E-state index contributed by atoms with van der Waals surface area (Å²) in [6.07, 6.45) is 2.17. The summed E-state index contributed by atoms with van der Waals surface area (Å²) in [5, 5.41) is 4.24. The molecule has 0 bridgehead atoms. The van der Waals surface area contributed by atoms with Gasteiger partial charge in [-0.15, -0.1) is 0 Å². The molecule has 106 valence electrons. The molecule has 1 aliphatic rings. The van der Waals surface area contributed by atoms with Crippen molar-refractivity contribution in [1.29, 1.82) is 0 Å². The summed E-state index contributed by atoms with van der Waals surface area (Å²) in [7, 11) is 0. The summed E-state index contributed by atoms with van der Waals surface area (Å²) in [5.41, 5.74) is 1.10. The first kappa shape index (κ1) is 14.6. The molecule has 0 spiro atoms. The maximum Gasteiger partial charge on any atom is 0.137 e. The first-order chi connectivity index (χ1) is 9.20. The van der Waals surface area contributed by atoms with E-state index in [0.717, 1.165) is 37.3 Å². The third-order valence-electron chi connectivity index (χ3n) is 3.39. The highest BCUT2D eigenvalue weighted by atomic mass is 35.5. The SMILES string of the molecule is CCCNC1CCOCC1Oc1cc(Cl)ccc1C. The van der Waals surface area contributed by atoms with E-state index in [-0.39, 0.29) is 6.10 Å². The largest absolute Gasteiger partial charge is 0.486 e. The number of halogens is 1. The fraction of sp³-hybridized carbons (Fsp3) is 0.600. The molecule has 1 heterocycles. The Morgan fingerprint density at radius 2 is 2.32 bits per heavy atom. The van der Waals surface area contributed by atoms with Crippen LogP contribution in [0.5, 0.6) is 5.75 Å². The summed E-state index contributed by atoms with van der Waals surface area (Å²) in [4.78, 5) is 0. The molecule has 1 aromatic rings. The summed E-state index contributed by atoms with van der Waals surface area (Å²) in [6.45, 7) is 6.65. The zero-order valence-corrected chi connectivity index (χ0v) is 12.4. The fourth-order valence-electron chi connectivity index (χ4n) is 2.26. The van der Waals surface area contributed by atoms with Crippen LogP contribution >= 0.6 is 11.6 Å². The van der Waals surface area contributed by atoms with Crippen molar-refractivity contribution < 1.29 is 9.47 Å². The topological polar surface area (TPSA) is 30.5 Å². The van der Waals surface area contributed by atoms with Gasteiger partial charge in [-0.25, -0.2) is 0 Å². The van der Waals surface area contributed by atoms with Crippen LogP contribution in [-0.2, 0) is 4.74 Å². The lowest BCUT2D eigenvalue weighted by atomic mass is 10.1. The van der Waals surface area contributed by atoms with Crippen LogP contribution in [-0.4, -0.2) is 31.9 Å². The van der Waals surface area contributed by atoms with Crippen molar-refractivity contribution in [2.45, 2.75) is 38.8 Å². The molecule has 2 atom stereocenters. The molecule has 1 fully saturated rings. The molecule has 1 N–H and O–H groups in total. The standard InChI is InChI=1S/C15H22ClNO2/c1-3-7-17-13-6-8-18-10-15(13)19-14-9-12(16)5-4-11(14)2/h4-5,9,13,15,17H,3,6-8,10H2,1-2H3. The molecule has 1 saturated heterocycles. The van der Waals surface area contributed by atoms with E-state index >= 15 is 0 Å². The van der Waals surface area contributed by atoms with E-state index < -0.39 is 0 Å². The van der Waals surface area contributed by atoms with Crippen molar-refractivity contribution >= 4 is 11.6 Å². The Labute approximate surface area is 120 Å². The second kappa shape index (κ2) is 7.13. The van der Waals surface area contributed by atoms with Crippen LogP contribution in [0.2, 0.25) is 5.02 Å². The van der Waals surface area contributed by atoms with Crippen LogP contribution in [0.1, 0.15) is 25.3 Å². The van der Waals surface area contributed by atoms with Crippen molar-refractivity contribution in [3.05, 3.63) is 28.8 Å². The van der Waals surface area contributed by atoms with Crippen LogP contribution in [0.15, 0.2) is 18.2 Å². The van der Waals surface area contributed by atoms with Gasteiger partial charge >= 0.3 is 0 Å². The van der Waals surface area contributed by atoms with Gasteiger partial charge in [0.05, 0.1) is 6.61 Å². The molecule has 0 radical (unpaired) electrons. The number of nitrogens with one attached hydrogen (secondary N) is 1. The number of rotatable bonds is 5. The average Bonchev–Trinajstić information content (AvgIpc) is 2.42. The zero-order valence-electron chi connectivity index (χ0n) is 11.6. The molecule has 19 heavy (non-hydrogen) atoms. The molecular formula is C15H22ClNO2. The van der Waals surface area contributed by atoms with Crippen molar-refractivity contribution in [2.75, 3.05) is 19.8 Å². The second-order valence-electron chi connectivity index (χ2n) is 4.99. The molecule has 0 aliphatic carbocycles. The van der Waals surface area contributed by atoms with Crippen molar-refractivity contribution in [1.82, 2.24) is 5.32 Å². The predicted molar refractivity (Wildman–Crippen MR) is 78.1 cm³/mol. The summed E-state index contributed by atoms with van der Waals surface area (Å²) in [6, 6.07) is 6.10. The second-order valence-corrected chi connectivity index (χ2v) is 5.43. The molecule has 1 aromatic carbocycles. The molecule has 1 aliphatic heterocycles. The first-order valence-corrected chi connectivity index (χ1v) is 7.32. The number of ether oxygens (including phenoxy) is 2. The molecule has 0 aromatic heterocycles. The third-order valence-corrected chi connectivity index (χ3v) is 3.62. The molecule has 2 unspecified atom stereocenters. The Morgan fingerprint density at radius 1 is 1.47 bits per heavy atom. The van der Waals surface area contributed by atoms with Crippen molar-refractivity contribution in [2.24, 2.45) is 0 Å². The molecular weight excluding hydrogens is 262 g/mol. The predicted octanol–water partition coefficient (Wildman–Crippen LogP) is 3.18. The van der Waals surface area contributed by atoms with E-state index in [4.69, 9.17) is 21.1 Å². The smallest absolute Gasteiger partial charge is 0.137 e. The lowest BCUT2D eigenvalue weighted by Gasteiger charge is -2.33. The minimum Gasteiger partial charge on any atom is -0.486 e. The van der Waals surface area contributed by atoms with Gasteiger partial charge in [-0.05, 0) is 44.0 Å². The molecule has 0 saturated carbocycles. The van der Waals surface area contributed by atoms with Gasteiger partial charge in [-0.3, -0.25) is 0 Å². The van der Waals surface area contributed by atoms with Gasteiger partial charge < -0.3 is 14.8 Å². The van der Waals surface area contributed by atoms with E-state index in [0.29, 0.717) is 17.7 Å². The molecule has 4 heteroatoms. The van der Waals surface area contributed by atoms with E-state index in [9.17, 15) is 0 Å². The van der Waals surface area contributed by atoms with Gasteiger partial charge in [0, 0.05) is 17.7 Å². The summed E-state index contributed by atoms with van der Waals surface area (Å²) >= 11 is 6.03. The van der Waals surface area contributed by atoms with Crippen molar-refractivity contribution in [3.63, 3.8) is 0 Å². The zero-order chi connectivity index (χ0) is 13.7. The molecule has 0 amide bonds. The number of hydrogen-bond donors (Lipinski definition) is 1. The van der Waals surface area contributed by atoms with Gasteiger partial charge in [0.15, 0.2) is 0 Å². The number of aryl methyl sites for hydroxylation is 1. The Balaban J connectivity index is 2.04. The van der Waals surface area contributed by atoms with E-state index in [2.05, 4.69) is 12.2 Å². The normalized spacial score (nSPS) is 23.3. The van der Waals surface area contributed by atoms with Crippen LogP contribution in [0.4, 0.5) is 0 Å². The number of hydrogen-bond acceptors (Lipinski definition) is 3. The van der Waals surface area contributed by atoms with E-state index in [1.165, 1.54) is 0 Å². The van der Waals surface area contributed by atoms with Crippen LogP contribution < -0.4 is 10.1 Å². The highest BCUT2D eigenvalue weighted by Gasteiger charge is 2.27. The Bertz CT molecular complexity index is 411. The first-order valence-electron chi connectivity index (χ1n) is 6.94. The summed E-state index contributed by atoms with van der Waals surface area (Å²) in [5.74, 6) is 0.853. The quantitative estimate of drug-likeness (QED) is 0.900. The van der Waals surface area contributed by atoms with Crippen LogP contribution in [0.25, 0.3) is 0 Å². The maximum atomic E-state index is 6.10. The Hall–Kier alpha value is -0.770.